The lowest BCUT2D eigenvalue weighted by atomic mass is 9.61. The van der Waals surface area contributed by atoms with Crippen molar-refractivity contribution in [1.29, 1.82) is 0 Å². The van der Waals surface area contributed by atoms with E-state index in [1.165, 1.54) is 0 Å². The maximum Gasteiger partial charge on any atom is 0.307 e. The van der Waals surface area contributed by atoms with Crippen LogP contribution in [0.15, 0.2) is 0 Å². The molecule has 3 unspecified atom stereocenters. The summed E-state index contributed by atoms with van der Waals surface area (Å²) >= 11 is 0. The molecular formula is C13H24N2O4S. The monoisotopic (exact) mass is 304 g/mol. The Morgan fingerprint density at radius 2 is 1.75 bits per heavy atom. The number of aliphatic carboxylic acids is 1. The zero-order valence-electron chi connectivity index (χ0n) is 12.2. The van der Waals surface area contributed by atoms with Crippen LogP contribution in [-0.4, -0.2) is 31.6 Å². The highest BCUT2D eigenvalue weighted by molar-refractivity contribution is 7.87. The molecule has 0 radical (unpaired) electrons. The Bertz CT molecular complexity index is 485. The second-order valence-electron chi connectivity index (χ2n) is 6.70. The van der Waals surface area contributed by atoms with Crippen LogP contribution in [0.5, 0.6) is 0 Å². The molecule has 3 atom stereocenters. The van der Waals surface area contributed by atoms with Gasteiger partial charge in [0.2, 0.25) is 0 Å². The minimum Gasteiger partial charge on any atom is -0.481 e. The lowest BCUT2D eigenvalue weighted by Crippen LogP contribution is -2.54. The minimum absolute atomic E-state index is 0.0341. The molecule has 0 aromatic rings. The van der Waals surface area contributed by atoms with Crippen LogP contribution in [0.2, 0.25) is 0 Å². The van der Waals surface area contributed by atoms with Gasteiger partial charge in [0, 0.05) is 12.1 Å². The quantitative estimate of drug-likeness (QED) is 0.708. The third kappa shape index (κ3) is 3.32. The van der Waals surface area contributed by atoms with Crippen molar-refractivity contribution >= 4 is 16.2 Å². The van der Waals surface area contributed by atoms with Crippen LogP contribution < -0.4 is 9.44 Å². The van der Waals surface area contributed by atoms with Crippen LogP contribution >= 0.6 is 0 Å². The molecule has 0 amide bonds. The molecule has 2 fully saturated rings. The summed E-state index contributed by atoms with van der Waals surface area (Å²) in [4.78, 5) is 11.3. The van der Waals surface area contributed by atoms with Crippen LogP contribution in [0.4, 0.5) is 0 Å². The van der Waals surface area contributed by atoms with Gasteiger partial charge in [0.25, 0.3) is 10.2 Å². The summed E-state index contributed by atoms with van der Waals surface area (Å²) in [5.74, 6) is -1.25. The molecule has 2 aliphatic rings. The largest absolute Gasteiger partial charge is 0.481 e. The number of carboxylic acids is 1. The predicted molar refractivity (Wildman–Crippen MR) is 75.3 cm³/mol. The number of hydrogen-bond donors (Lipinski definition) is 3. The fourth-order valence-corrected chi connectivity index (χ4v) is 4.52. The molecule has 116 valence electrons. The summed E-state index contributed by atoms with van der Waals surface area (Å²) in [6.45, 7) is 5.75. The van der Waals surface area contributed by atoms with Gasteiger partial charge in [0.15, 0.2) is 0 Å². The van der Waals surface area contributed by atoms with Crippen molar-refractivity contribution < 1.29 is 18.3 Å². The van der Waals surface area contributed by atoms with E-state index >= 15 is 0 Å². The first-order chi connectivity index (χ1) is 9.13. The van der Waals surface area contributed by atoms with Gasteiger partial charge in [-0.2, -0.15) is 17.9 Å². The maximum absolute atomic E-state index is 12.0. The molecule has 0 spiro atoms. The van der Waals surface area contributed by atoms with E-state index in [2.05, 4.69) is 9.44 Å². The summed E-state index contributed by atoms with van der Waals surface area (Å²) in [5.41, 5.74) is -0.434. The molecule has 2 saturated carbocycles. The van der Waals surface area contributed by atoms with Crippen molar-refractivity contribution in [3.05, 3.63) is 0 Å². The van der Waals surface area contributed by atoms with Crippen LogP contribution in [0.25, 0.3) is 0 Å². The summed E-state index contributed by atoms with van der Waals surface area (Å²) in [7, 11) is -3.49. The number of hydrogen-bond acceptors (Lipinski definition) is 3. The van der Waals surface area contributed by atoms with Gasteiger partial charge in [-0.25, -0.2) is 0 Å². The van der Waals surface area contributed by atoms with E-state index in [0.29, 0.717) is 12.8 Å². The molecule has 0 aromatic heterocycles. The average molecular weight is 304 g/mol. The second-order valence-corrected chi connectivity index (χ2v) is 8.18. The zero-order valence-corrected chi connectivity index (χ0v) is 13.0. The first-order valence-electron chi connectivity index (χ1n) is 7.16. The standard InChI is InChI=1S/C13H24N2O4S/c1-8-11(15-20(18,19)14-9-4-5-9)7-6-10(12(16)17)13(8,2)3/h8-11,14-15H,4-7H2,1-3H3,(H,16,17). The van der Waals surface area contributed by atoms with Crippen molar-refractivity contribution in [2.45, 2.75) is 58.5 Å². The number of carboxylic acid groups (broad SMARTS) is 1. The summed E-state index contributed by atoms with van der Waals surface area (Å²) in [5, 5.41) is 9.29. The van der Waals surface area contributed by atoms with Crippen LogP contribution in [0.3, 0.4) is 0 Å². The van der Waals surface area contributed by atoms with E-state index in [9.17, 15) is 18.3 Å². The summed E-state index contributed by atoms with van der Waals surface area (Å²) in [6, 6.07) is -0.136. The Balaban J connectivity index is 2.05. The summed E-state index contributed by atoms with van der Waals surface area (Å²) in [6.07, 6.45) is 2.86. The Morgan fingerprint density at radius 3 is 2.25 bits per heavy atom. The lowest BCUT2D eigenvalue weighted by molar-refractivity contribution is -0.150. The number of rotatable bonds is 5. The molecule has 0 aromatic carbocycles. The van der Waals surface area contributed by atoms with Crippen molar-refractivity contribution in [3.63, 3.8) is 0 Å². The molecule has 20 heavy (non-hydrogen) atoms. The molecule has 3 N–H and O–H groups in total. The van der Waals surface area contributed by atoms with E-state index in [-0.39, 0.29) is 18.0 Å². The molecule has 2 rings (SSSR count). The number of nitrogens with one attached hydrogen (secondary N) is 2. The first-order valence-corrected chi connectivity index (χ1v) is 8.64. The molecule has 0 saturated heterocycles. The van der Waals surface area contributed by atoms with E-state index in [1.54, 1.807) is 0 Å². The fourth-order valence-electron chi connectivity index (χ4n) is 3.06. The molecule has 0 aliphatic heterocycles. The SMILES string of the molecule is CC1C(NS(=O)(=O)NC2CC2)CCC(C(=O)O)C1(C)C. The number of carbonyl (C=O) groups is 1. The molecule has 0 bridgehead atoms. The van der Waals surface area contributed by atoms with Gasteiger partial charge in [0.05, 0.1) is 5.92 Å². The van der Waals surface area contributed by atoms with E-state index in [4.69, 9.17) is 0 Å². The van der Waals surface area contributed by atoms with Crippen molar-refractivity contribution in [2.24, 2.45) is 17.3 Å². The maximum atomic E-state index is 12.0. The van der Waals surface area contributed by atoms with Crippen molar-refractivity contribution in [2.75, 3.05) is 0 Å². The molecule has 0 heterocycles. The van der Waals surface area contributed by atoms with Gasteiger partial charge in [0.1, 0.15) is 0 Å². The second kappa shape index (κ2) is 5.27. The van der Waals surface area contributed by atoms with Gasteiger partial charge in [-0.15, -0.1) is 0 Å². The zero-order chi connectivity index (χ0) is 15.1. The van der Waals surface area contributed by atoms with Crippen LogP contribution in [0.1, 0.15) is 46.5 Å². The average Bonchev–Trinajstić information content (AvgIpc) is 3.07. The molecule has 6 nitrogen and oxygen atoms in total. The highest BCUT2D eigenvalue weighted by atomic mass is 32.2. The van der Waals surface area contributed by atoms with Crippen molar-refractivity contribution in [1.82, 2.24) is 9.44 Å². The van der Waals surface area contributed by atoms with E-state index in [1.807, 2.05) is 20.8 Å². The molecular weight excluding hydrogens is 280 g/mol. The Labute approximate surface area is 120 Å². The lowest BCUT2D eigenvalue weighted by Gasteiger charge is -2.46. The van der Waals surface area contributed by atoms with Gasteiger partial charge >= 0.3 is 5.97 Å². The third-order valence-corrected chi connectivity index (χ3v) is 6.20. The smallest absolute Gasteiger partial charge is 0.307 e. The van der Waals surface area contributed by atoms with Gasteiger partial charge in [-0.3, -0.25) is 4.79 Å². The van der Waals surface area contributed by atoms with Crippen molar-refractivity contribution in [3.8, 4) is 0 Å². The highest BCUT2D eigenvalue weighted by Gasteiger charge is 2.47. The van der Waals surface area contributed by atoms with E-state index in [0.717, 1.165) is 12.8 Å². The summed E-state index contributed by atoms with van der Waals surface area (Å²) < 4.78 is 29.3. The first kappa shape index (κ1) is 15.7. The molecule has 2 aliphatic carbocycles. The Kier molecular flexibility index (Phi) is 4.15. The van der Waals surface area contributed by atoms with Crippen LogP contribution in [0, 0.1) is 17.3 Å². The molecule has 7 heteroatoms. The highest BCUT2D eigenvalue weighted by Crippen LogP contribution is 2.45. The minimum atomic E-state index is -3.49. The normalized spacial score (nSPS) is 33.9. The Hall–Kier alpha value is -0.660. The Morgan fingerprint density at radius 1 is 1.15 bits per heavy atom. The van der Waals surface area contributed by atoms with Gasteiger partial charge in [-0.1, -0.05) is 20.8 Å². The third-order valence-electron chi connectivity index (χ3n) is 4.95. The van der Waals surface area contributed by atoms with Gasteiger partial charge in [-0.05, 0) is 37.0 Å². The van der Waals surface area contributed by atoms with Crippen LogP contribution in [-0.2, 0) is 15.0 Å². The van der Waals surface area contributed by atoms with Gasteiger partial charge < -0.3 is 5.11 Å². The van der Waals surface area contributed by atoms with E-state index < -0.39 is 27.5 Å². The topological polar surface area (TPSA) is 95.5 Å². The predicted octanol–water partition coefficient (Wildman–Crippen LogP) is 1.10. The fraction of sp³-hybridized carbons (Fsp3) is 0.923.